The van der Waals surface area contributed by atoms with Crippen molar-refractivity contribution in [2.24, 2.45) is 0 Å². The van der Waals surface area contributed by atoms with Crippen molar-refractivity contribution in [1.82, 2.24) is 9.88 Å². The quantitative estimate of drug-likeness (QED) is 0.913. The Morgan fingerprint density at radius 1 is 1.14 bits per heavy atom. The van der Waals surface area contributed by atoms with Crippen LogP contribution in [0.4, 0.5) is 0 Å². The molecule has 118 valence electrons. The van der Waals surface area contributed by atoms with E-state index in [9.17, 15) is 4.79 Å². The Hall–Kier alpha value is -2.03. The van der Waals surface area contributed by atoms with Gasteiger partial charge in [0.25, 0.3) is 5.91 Å². The number of hydrogen-bond acceptors (Lipinski definition) is 1. The molecule has 0 fully saturated rings. The van der Waals surface area contributed by atoms with Gasteiger partial charge in [0.15, 0.2) is 0 Å². The molecule has 1 heterocycles. The first-order chi connectivity index (χ1) is 10.2. The molecule has 0 radical (unpaired) electrons. The molecule has 0 saturated carbocycles. The van der Waals surface area contributed by atoms with Gasteiger partial charge in [0.05, 0.1) is 0 Å². The van der Waals surface area contributed by atoms with Crippen LogP contribution in [0.25, 0.3) is 0 Å². The molecule has 0 atom stereocenters. The van der Waals surface area contributed by atoms with Crippen molar-refractivity contribution in [2.75, 3.05) is 0 Å². The topological polar surface area (TPSA) is 34.0 Å². The fraction of sp³-hybridized carbons (Fsp3) is 0.421. The Morgan fingerprint density at radius 2 is 1.82 bits per heavy atom. The maximum atomic E-state index is 12.6. The van der Waals surface area contributed by atoms with Crippen LogP contribution in [-0.2, 0) is 6.54 Å². The summed E-state index contributed by atoms with van der Waals surface area (Å²) in [4.78, 5) is 12.6. The SMILES string of the molecule is Cc1cccc(Cn2c(C)cc(C)c2C(=O)NC(C)(C)C)c1. The molecule has 0 bridgehead atoms. The third kappa shape index (κ3) is 3.79. The summed E-state index contributed by atoms with van der Waals surface area (Å²) in [7, 11) is 0. The maximum absolute atomic E-state index is 12.6. The molecule has 1 N–H and O–H groups in total. The second-order valence-corrected chi connectivity index (χ2v) is 7.10. The molecule has 0 aliphatic carbocycles. The first kappa shape index (κ1) is 16.3. The molecule has 2 rings (SSSR count). The van der Waals surface area contributed by atoms with E-state index in [2.05, 4.69) is 54.1 Å². The predicted molar refractivity (Wildman–Crippen MR) is 91.4 cm³/mol. The van der Waals surface area contributed by atoms with Crippen LogP contribution >= 0.6 is 0 Å². The zero-order valence-electron chi connectivity index (χ0n) is 14.4. The normalized spacial score (nSPS) is 11.5. The number of carbonyl (C=O) groups excluding carboxylic acids is 1. The number of nitrogens with zero attached hydrogens (tertiary/aromatic N) is 1. The largest absolute Gasteiger partial charge is 0.346 e. The molecule has 3 heteroatoms. The highest BCUT2D eigenvalue weighted by atomic mass is 16.2. The Bertz CT molecular complexity index is 690. The van der Waals surface area contributed by atoms with Crippen molar-refractivity contribution in [1.29, 1.82) is 0 Å². The third-order valence-electron chi connectivity index (χ3n) is 3.62. The minimum absolute atomic E-state index is 0.00856. The molecule has 2 aromatic rings. The van der Waals surface area contributed by atoms with Gasteiger partial charge >= 0.3 is 0 Å². The van der Waals surface area contributed by atoms with Gasteiger partial charge in [0, 0.05) is 17.8 Å². The molecule has 0 saturated heterocycles. The van der Waals surface area contributed by atoms with E-state index in [1.165, 1.54) is 11.1 Å². The highest BCUT2D eigenvalue weighted by Gasteiger charge is 2.21. The molecule has 1 amide bonds. The van der Waals surface area contributed by atoms with Crippen LogP contribution in [0.5, 0.6) is 0 Å². The predicted octanol–water partition coefficient (Wildman–Crippen LogP) is 3.99. The van der Waals surface area contributed by atoms with Crippen LogP contribution in [0.15, 0.2) is 30.3 Å². The van der Waals surface area contributed by atoms with E-state index in [0.29, 0.717) is 6.54 Å². The summed E-state index contributed by atoms with van der Waals surface area (Å²) >= 11 is 0. The fourth-order valence-electron chi connectivity index (χ4n) is 2.75. The summed E-state index contributed by atoms with van der Waals surface area (Å²) in [5.74, 6) is -0.00856. The number of aryl methyl sites for hydroxylation is 3. The Morgan fingerprint density at radius 3 is 2.41 bits per heavy atom. The van der Waals surface area contributed by atoms with Crippen LogP contribution < -0.4 is 5.32 Å². The van der Waals surface area contributed by atoms with Gasteiger partial charge in [0.2, 0.25) is 0 Å². The number of aromatic nitrogens is 1. The number of nitrogens with one attached hydrogen (secondary N) is 1. The van der Waals surface area contributed by atoms with Gasteiger partial charge in [-0.15, -0.1) is 0 Å². The maximum Gasteiger partial charge on any atom is 0.268 e. The summed E-state index contributed by atoms with van der Waals surface area (Å²) in [6.07, 6.45) is 0. The third-order valence-corrected chi connectivity index (χ3v) is 3.62. The van der Waals surface area contributed by atoms with E-state index in [-0.39, 0.29) is 11.4 Å². The lowest BCUT2D eigenvalue weighted by molar-refractivity contribution is 0.0909. The van der Waals surface area contributed by atoms with Crippen molar-refractivity contribution < 1.29 is 4.79 Å². The Balaban J connectivity index is 2.38. The van der Waals surface area contributed by atoms with Crippen molar-refractivity contribution in [2.45, 2.75) is 53.6 Å². The minimum Gasteiger partial charge on any atom is -0.346 e. The number of carbonyl (C=O) groups is 1. The molecule has 1 aromatic carbocycles. The number of rotatable bonds is 3. The van der Waals surface area contributed by atoms with Gasteiger partial charge in [-0.25, -0.2) is 0 Å². The molecule has 22 heavy (non-hydrogen) atoms. The van der Waals surface area contributed by atoms with E-state index < -0.39 is 0 Å². The molecule has 0 unspecified atom stereocenters. The van der Waals surface area contributed by atoms with E-state index in [0.717, 1.165) is 17.0 Å². The number of hydrogen-bond donors (Lipinski definition) is 1. The van der Waals surface area contributed by atoms with E-state index in [1.54, 1.807) is 0 Å². The average Bonchev–Trinajstić information content (AvgIpc) is 2.62. The second kappa shape index (κ2) is 5.99. The van der Waals surface area contributed by atoms with Gasteiger partial charge in [-0.3, -0.25) is 4.79 Å². The summed E-state index contributed by atoms with van der Waals surface area (Å²) in [6.45, 7) is 12.9. The summed E-state index contributed by atoms with van der Waals surface area (Å²) in [5.41, 5.74) is 5.10. The fourth-order valence-corrected chi connectivity index (χ4v) is 2.75. The number of benzene rings is 1. The molecular weight excluding hydrogens is 272 g/mol. The Labute approximate surface area is 133 Å². The van der Waals surface area contributed by atoms with Crippen molar-refractivity contribution in [3.63, 3.8) is 0 Å². The average molecular weight is 298 g/mol. The van der Waals surface area contributed by atoms with Gasteiger partial charge in [-0.2, -0.15) is 0 Å². The second-order valence-electron chi connectivity index (χ2n) is 7.10. The van der Waals surface area contributed by atoms with Crippen LogP contribution in [0.3, 0.4) is 0 Å². The summed E-state index contributed by atoms with van der Waals surface area (Å²) < 4.78 is 2.10. The first-order valence-electron chi connectivity index (χ1n) is 7.72. The molecule has 0 spiro atoms. The van der Waals surface area contributed by atoms with Crippen molar-refractivity contribution in [3.8, 4) is 0 Å². The van der Waals surface area contributed by atoms with Gasteiger partial charge in [0.1, 0.15) is 5.69 Å². The van der Waals surface area contributed by atoms with Gasteiger partial charge in [-0.1, -0.05) is 29.8 Å². The lowest BCUT2D eigenvalue weighted by Gasteiger charge is -2.22. The smallest absolute Gasteiger partial charge is 0.268 e. The molecular formula is C19H26N2O. The van der Waals surface area contributed by atoms with Crippen molar-refractivity contribution in [3.05, 3.63) is 58.4 Å². The van der Waals surface area contributed by atoms with Gasteiger partial charge in [-0.05, 0) is 58.7 Å². The molecule has 1 aromatic heterocycles. The first-order valence-corrected chi connectivity index (χ1v) is 7.72. The standard InChI is InChI=1S/C19H26N2O/c1-13-8-7-9-16(10-13)12-21-15(3)11-14(2)17(21)18(22)20-19(4,5)6/h7-11H,12H2,1-6H3,(H,20,22). The van der Waals surface area contributed by atoms with Crippen LogP contribution in [0.1, 0.15) is 53.6 Å². The monoisotopic (exact) mass is 298 g/mol. The summed E-state index contributed by atoms with van der Waals surface area (Å²) in [5, 5.41) is 3.07. The van der Waals surface area contributed by atoms with Gasteiger partial charge < -0.3 is 9.88 Å². The highest BCUT2D eigenvalue weighted by Crippen LogP contribution is 2.18. The summed E-state index contributed by atoms with van der Waals surface area (Å²) in [6, 6.07) is 10.5. The zero-order chi connectivity index (χ0) is 16.5. The van der Waals surface area contributed by atoms with Crippen LogP contribution in [0, 0.1) is 20.8 Å². The van der Waals surface area contributed by atoms with Crippen molar-refractivity contribution >= 4 is 5.91 Å². The molecule has 3 nitrogen and oxygen atoms in total. The molecule has 0 aliphatic rings. The van der Waals surface area contributed by atoms with E-state index in [4.69, 9.17) is 0 Å². The lowest BCUT2D eigenvalue weighted by atomic mass is 10.1. The number of amides is 1. The van der Waals surface area contributed by atoms with Crippen LogP contribution in [0.2, 0.25) is 0 Å². The van der Waals surface area contributed by atoms with E-state index >= 15 is 0 Å². The Kier molecular flexibility index (Phi) is 4.45. The molecule has 0 aliphatic heterocycles. The zero-order valence-corrected chi connectivity index (χ0v) is 14.4. The van der Waals surface area contributed by atoms with Crippen LogP contribution in [-0.4, -0.2) is 16.0 Å². The lowest BCUT2D eigenvalue weighted by Crippen LogP contribution is -2.41. The highest BCUT2D eigenvalue weighted by molar-refractivity contribution is 5.94. The minimum atomic E-state index is -0.240. The van der Waals surface area contributed by atoms with E-state index in [1.807, 2.05) is 27.7 Å².